The summed E-state index contributed by atoms with van der Waals surface area (Å²) < 4.78 is 44.5. The van der Waals surface area contributed by atoms with Crippen molar-refractivity contribution in [3.8, 4) is 0 Å². The third-order valence-electron chi connectivity index (χ3n) is 3.11. The summed E-state index contributed by atoms with van der Waals surface area (Å²) in [4.78, 5) is 19.5. The molecule has 10 heteroatoms. The second-order valence-electron chi connectivity index (χ2n) is 6.42. The number of aromatic nitrogens is 2. The molecule has 1 aromatic carbocycles. The number of nitrogens with two attached hydrogens (primary N) is 1. The minimum Gasteiger partial charge on any atom is -0.443 e. The van der Waals surface area contributed by atoms with Crippen molar-refractivity contribution in [2.75, 3.05) is 0 Å². The van der Waals surface area contributed by atoms with Crippen molar-refractivity contribution >= 4 is 28.9 Å². The SMILES string of the molecule is CC(C)(C)OC(=O)NN=CC(=CN)c1cnc2cccc(C(F)(F)F)c2n1. The van der Waals surface area contributed by atoms with Gasteiger partial charge in [0, 0.05) is 11.8 Å². The molecular weight excluding hydrogens is 363 g/mol. The maximum absolute atomic E-state index is 13.2. The van der Waals surface area contributed by atoms with E-state index in [2.05, 4.69) is 20.5 Å². The number of allylic oxidation sites excluding steroid dienone is 1. The third kappa shape index (κ3) is 5.40. The molecule has 7 nitrogen and oxygen atoms in total. The van der Waals surface area contributed by atoms with Crippen molar-refractivity contribution in [1.29, 1.82) is 0 Å². The average Bonchev–Trinajstić information content (AvgIpc) is 2.55. The van der Waals surface area contributed by atoms with Crippen molar-refractivity contribution in [3.05, 3.63) is 41.9 Å². The van der Waals surface area contributed by atoms with Crippen LogP contribution in [0.4, 0.5) is 18.0 Å². The zero-order valence-electron chi connectivity index (χ0n) is 14.8. The number of carbonyl (C=O) groups excluding carboxylic acids is 1. The minimum atomic E-state index is -4.58. The standard InChI is InChI=1S/C17H18F3N5O2/c1-16(2,3)27-15(26)25-23-8-10(7-21)13-9-22-12-6-4-5-11(14(12)24-13)17(18,19)20/h4-9H,21H2,1-3H3,(H,25,26). The van der Waals surface area contributed by atoms with E-state index in [-0.39, 0.29) is 22.3 Å². The van der Waals surface area contributed by atoms with Crippen LogP contribution in [0, 0.1) is 0 Å². The van der Waals surface area contributed by atoms with Crippen LogP contribution in [0.5, 0.6) is 0 Å². The molecule has 1 aromatic heterocycles. The summed E-state index contributed by atoms with van der Waals surface area (Å²) in [6.07, 6.45) is -1.88. The molecule has 0 saturated heterocycles. The first-order valence-electron chi connectivity index (χ1n) is 7.78. The minimum absolute atomic E-state index is 0.0661. The summed E-state index contributed by atoms with van der Waals surface area (Å²) in [5.74, 6) is 0. The van der Waals surface area contributed by atoms with E-state index in [9.17, 15) is 18.0 Å². The van der Waals surface area contributed by atoms with E-state index in [0.717, 1.165) is 18.5 Å². The molecular formula is C17H18F3N5O2. The number of ether oxygens (including phenoxy) is 1. The van der Waals surface area contributed by atoms with Gasteiger partial charge < -0.3 is 10.5 Å². The second kappa shape index (κ2) is 7.60. The monoisotopic (exact) mass is 381 g/mol. The quantitative estimate of drug-likeness (QED) is 0.626. The fourth-order valence-corrected chi connectivity index (χ4v) is 2.05. The fraction of sp³-hybridized carbons (Fsp3) is 0.294. The molecule has 2 aromatic rings. The average molecular weight is 381 g/mol. The molecule has 1 amide bonds. The van der Waals surface area contributed by atoms with Crippen LogP contribution in [-0.4, -0.2) is 27.9 Å². The number of hydrogen-bond donors (Lipinski definition) is 2. The Labute approximate surface area is 153 Å². The Morgan fingerprint density at radius 1 is 1.30 bits per heavy atom. The highest BCUT2D eigenvalue weighted by Gasteiger charge is 2.33. The number of benzene rings is 1. The zero-order chi connectivity index (χ0) is 20.2. The number of carbonyl (C=O) groups is 1. The Hall–Kier alpha value is -3.17. The van der Waals surface area contributed by atoms with Gasteiger partial charge in [0.15, 0.2) is 0 Å². The third-order valence-corrected chi connectivity index (χ3v) is 3.11. The summed E-state index contributed by atoms with van der Waals surface area (Å²) >= 11 is 0. The number of nitrogens with one attached hydrogen (secondary N) is 1. The highest BCUT2D eigenvalue weighted by atomic mass is 19.4. The zero-order valence-corrected chi connectivity index (χ0v) is 14.8. The largest absolute Gasteiger partial charge is 0.443 e. The lowest BCUT2D eigenvalue weighted by atomic mass is 10.1. The molecule has 0 unspecified atom stereocenters. The first kappa shape index (κ1) is 20.1. The van der Waals surface area contributed by atoms with E-state index in [1.807, 2.05) is 0 Å². The van der Waals surface area contributed by atoms with Gasteiger partial charge in [0.25, 0.3) is 0 Å². The molecule has 2 rings (SSSR count). The van der Waals surface area contributed by atoms with E-state index in [0.29, 0.717) is 0 Å². The van der Waals surface area contributed by atoms with E-state index in [4.69, 9.17) is 10.5 Å². The van der Waals surface area contributed by atoms with Crippen LogP contribution in [0.2, 0.25) is 0 Å². The molecule has 0 aliphatic carbocycles. The topological polar surface area (TPSA) is 102 Å². The van der Waals surface area contributed by atoms with Crippen LogP contribution in [0.1, 0.15) is 32.0 Å². The Morgan fingerprint density at radius 2 is 2.00 bits per heavy atom. The van der Waals surface area contributed by atoms with Crippen molar-refractivity contribution in [2.24, 2.45) is 10.8 Å². The van der Waals surface area contributed by atoms with Crippen LogP contribution in [-0.2, 0) is 10.9 Å². The van der Waals surface area contributed by atoms with Gasteiger partial charge in [-0.3, -0.25) is 4.98 Å². The van der Waals surface area contributed by atoms with Gasteiger partial charge >= 0.3 is 12.3 Å². The van der Waals surface area contributed by atoms with Crippen LogP contribution in [0.15, 0.2) is 35.7 Å². The van der Waals surface area contributed by atoms with Crippen molar-refractivity contribution in [1.82, 2.24) is 15.4 Å². The summed E-state index contributed by atoms with van der Waals surface area (Å²) in [6, 6.07) is 3.60. The number of alkyl halides is 3. The number of amides is 1. The van der Waals surface area contributed by atoms with Gasteiger partial charge in [-0.05, 0) is 32.9 Å². The Morgan fingerprint density at radius 3 is 2.59 bits per heavy atom. The first-order valence-corrected chi connectivity index (χ1v) is 7.78. The van der Waals surface area contributed by atoms with Gasteiger partial charge in [0.05, 0.1) is 29.2 Å². The Bertz CT molecular complexity index is 902. The maximum atomic E-state index is 13.2. The molecule has 3 N–H and O–H groups in total. The van der Waals surface area contributed by atoms with Crippen molar-refractivity contribution in [3.63, 3.8) is 0 Å². The number of para-hydroxylation sites is 1. The van der Waals surface area contributed by atoms with Crippen molar-refractivity contribution in [2.45, 2.75) is 32.5 Å². The summed E-state index contributed by atoms with van der Waals surface area (Å²) in [7, 11) is 0. The van der Waals surface area contributed by atoms with E-state index < -0.39 is 23.4 Å². The lowest BCUT2D eigenvalue weighted by Gasteiger charge is -2.18. The predicted molar refractivity (Wildman–Crippen MR) is 94.6 cm³/mol. The van der Waals surface area contributed by atoms with Crippen LogP contribution in [0.25, 0.3) is 16.6 Å². The number of nitrogens with zero attached hydrogens (tertiary/aromatic N) is 3. The molecule has 27 heavy (non-hydrogen) atoms. The molecule has 0 bridgehead atoms. The van der Waals surface area contributed by atoms with Gasteiger partial charge in [0.2, 0.25) is 0 Å². The number of hydrazone groups is 1. The highest BCUT2D eigenvalue weighted by molar-refractivity contribution is 6.09. The van der Waals surface area contributed by atoms with Crippen LogP contribution < -0.4 is 11.2 Å². The van der Waals surface area contributed by atoms with Gasteiger partial charge in [-0.2, -0.15) is 18.3 Å². The van der Waals surface area contributed by atoms with Gasteiger partial charge in [-0.25, -0.2) is 15.2 Å². The lowest BCUT2D eigenvalue weighted by molar-refractivity contribution is -0.136. The molecule has 0 aliphatic heterocycles. The number of halogens is 3. The number of rotatable bonds is 3. The smallest absolute Gasteiger partial charge is 0.428 e. The molecule has 144 valence electrons. The molecule has 0 saturated carbocycles. The van der Waals surface area contributed by atoms with Gasteiger partial charge in [-0.15, -0.1) is 0 Å². The summed E-state index contributed by atoms with van der Waals surface area (Å²) in [6.45, 7) is 5.05. The fourth-order valence-electron chi connectivity index (χ4n) is 2.05. The molecule has 0 fully saturated rings. The van der Waals surface area contributed by atoms with Crippen molar-refractivity contribution < 1.29 is 22.7 Å². The molecule has 0 spiro atoms. The van der Waals surface area contributed by atoms with Gasteiger partial charge in [-0.1, -0.05) is 6.07 Å². The maximum Gasteiger partial charge on any atom is 0.428 e. The molecule has 1 heterocycles. The second-order valence-corrected chi connectivity index (χ2v) is 6.42. The number of fused-ring (bicyclic) bond motifs is 1. The molecule has 0 radical (unpaired) electrons. The molecule has 0 atom stereocenters. The Kier molecular flexibility index (Phi) is 5.67. The normalized spacial score (nSPS) is 13.2. The van der Waals surface area contributed by atoms with E-state index in [1.54, 1.807) is 20.8 Å². The number of hydrogen-bond acceptors (Lipinski definition) is 6. The van der Waals surface area contributed by atoms with Crippen LogP contribution >= 0.6 is 0 Å². The van der Waals surface area contributed by atoms with E-state index in [1.165, 1.54) is 18.3 Å². The molecule has 0 aliphatic rings. The summed E-state index contributed by atoms with van der Waals surface area (Å²) in [5, 5.41) is 3.67. The van der Waals surface area contributed by atoms with E-state index >= 15 is 0 Å². The highest BCUT2D eigenvalue weighted by Crippen LogP contribution is 2.33. The predicted octanol–water partition coefficient (Wildman–Crippen LogP) is 3.46. The lowest BCUT2D eigenvalue weighted by Crippen LogP contribution is -2.29. The first-order chi connectivity index (χ1) is 12.5. The summed E-state index contributed by atoms with van der Waals surface area (Å²) in [5.41, 5.74) is 6.03. The van der Waals surface area contributed by atoms with Gasteiger partial charge in [0.1, 0.15) is 11.1 Å². The Balaban J connectivity index is 2.29. The van der Waals surface area contributed by atoms with Crippen LogP contribution in [0.3, 0.4) is 0 Å².